The molecular weight excluding hydrogens is 340 g/mol. The number of aromatic carboxylic acids is 1. The highest BCUT2D eigenvalue weighted by molar-refractivity contribution is 7.99. The van der Waals surface area contributed by atoms with Gasteiger partial charge in [-0.3, -0.25) is 9.59 Å². The van der Waals surface area contributed by atoms with Gasteiger partial charge >= 0.3 is 5.97 Å². The Labute approximate surface area is 148 Å². The molecule has 0 aliphatic carbocycles. The lowest BCUT2D eigenvalue weighted by atomic mass is 10.1. The molecule has 1 heterocycles. The number of amides is 2. The maximum atomic E-state index is 12.3. The monoisotopic (exact) mass is 356 g/mol. The van der Waals surface area contributed by atoms with E-state index in [0.717, 1.165) is 16.2 Å². The highest BCUT2D eigenvalue weighted by atomic mass is 32.2. The second-order valence-electron chi connectivity index (χ2n) is 5.54. The Bertz CT molecular complexity index is 833. The van der Waals surface area contributed by atoms with Crippen molar-refractivity contribution in [1.29, 1.82) is 0 Å². The summed E-state index contributed by atoms with van der Waals surface area (Å²) in [5.41, 5.74) is 2.13. The van der Waals surface area contributed by atoms with E-state index in [9.17, 15) is 14.4 Å². The molecule has 0 bridgehead atoms. The van der Waals surface area contributed by atoms with Gasteiger partial charge in [-0.15, -0.1) is 11.8 Å². The third kappa shape index (κ3) is 4.19. The van der Waals surface area contributed by atoms with E-state index in [1.54, 1.807) is 36.0 Å². The topological polar surface area (TPSA) is 95.5 Å². The van der Waals surface area contributed by atoms with E-state index < -0.39 is 5.97 Å². The lowest BCUT2D eigenvalue weighted by molar-refractivity contribution is -0.115. The number of hydrogen-bond donors (Lipinski definition) is 3. The van der Waals surface area contributed by atoms with E-state index >= 15 is 0 Å². The van der Waals surface area contributed by atoms with Crippen molar-refractivity contribution in [3.8, 4) is 0 Å². The van der Waals surface area contributed by atoms with Gasteiger partial charge in [0.15, 0.2) is 0 Å². The van der Waals surface area contributed by atoms with Crippen molar-refractivity contribution in [2.45, 2.75) is 17.9 Å². The van der Waals surface area contributed by atoms with Crippen molar-refractivity contribution in [1.82, 2.24) is 5.32 Å². The van der Waals surface area contributed by atoms with Crippen LogP contribution in [0.3, 0.4) is 0 Å². The Balaban J connectivity index is 1.67. The molecule has 6 nitrogen and oxygen atoms in total. The minimum absolute atomic E-state index is 0.0534. The molecule has 2 aromatic carbocycles. The quantitative estimate of drug-likeness (QED) is 0.783. The number of hydrogen-bond acceptors (Lipinski definition) is 4. The van der Waals surface area contributed by atoms with Gasteiger partial charge in [0.25, 0.3) is 5.91 Å². The average Bonchev–Trinajstić information content (AvgIpc) is 2.79. The van der Waals surface area contributed by atoms with Crippen LogP contribution >= 0.6 is 11.8 Å². The number of carboxylic acids is 1. The fourth-order valence-electron chi connectivity index (χ4n) is 2.41. The second kappa shape index (κ2) is 7.40. The number of carbonyl (C=O) groups is 3. The molecule has 3 rings (SSSR count). The maximum absolute atomic E-state index is 12.3. The van der Waals surface area contributed by atoms with Crippen molar-refractivity contribution in [2.24, 2.45) is 0 Å². The Hall–Kier alpha value is -2.80. The second-order valence-corrected chi connectivity index (χ2v) is 6.68. The molecule has 0 fully saturated rings. The summed E-state index contributed by atoms with van der Waals surface area (Å²) < 4.78 is 0. The van der Waals surface area contributed by atoms with Gasteiger partial charge in [0.05, 0.1) is 11.3 Å². The number of carbonyl (C=O) groups excluding carboxylic acids is 2. The molecule has 3 N–H and O–H groups in total. The molecule has 2 amide bonds. The van der Waals surface area contributed by atoms with Crippen LogP contribution in [0.15, 0.2) is 47.4 Å². The number of thioether (sulfide) groups is 1. The molecular formula is C18H16N2O4S. The van der Waals surface area contributed by atoms with E-state index in [4.69, 9.17) is 5.11 Å². The van der Waals surface area contributed by atoms with Crippen LogP contribution in [0.4, 0.5) is 5.69 Å². The minimum atomic E-state index is -0.986. The zero-order valence-corrected chi connectivity index (χ0v) is 14.1. The summed E-state index contributed by atoms with van der Waals surface area (Å²) in [4.78, 5) is 35.7. The smallest absolute Gasteiger partial charge is 0.335 e. The molecule has 1 aliphatic heterocycles. The maximum Gasteiger partial charge on any atom is 0.335 e. The number of anilines is 1. The van der Waals surface area contributed by atoms with Crippen molar-refractivity contribution >= 4 is 35.2 Å². The van der Waals surface area contributed by atoms with Gasteiger partial charge in [-0.1, -0.05) is 12.1 Å². The molecule has 25 heavy (non-hydrogen) atoms. The molecule has 0 atom stereocenters. The van der Waals surface area contributed by atoms with Gasteiger partial charge in [0, 0.05) is 29.2 Å². The van der Waals surface area contributed by atoms with Crippen LogP contribution in [0.5, 0.6) is 0 Å². The van der Waals surface area contributed by atoms with Gasteiger partial charge < -0.3 is 15.7 Å². The van der Waals surface area contributed by atoms with Crippen molar-refractivity contribution in [3.63, 3.8) is 0 Å². The summed E-state index contributed by atoms with van der Waals surface area (Å²) in [5, 5.41) is 14.5. The first-order valence-corrected chi connectivity index (χ1v) is 8.68. The van der Waals surface area contributed by atoms with Gasteiger partial charge in [0.1, 0.15) is 0 Å². The number of fused-ring (bicyclic) bond motifs is 1. The molecule has 0 unspecified atom stereocenters. The lowest BCUT2D eigenvalue weighted by Crippen LogP contribution is -2.23. The average molecular weight is 356 g/mol. The third-order valence-electron chi connectivity index (χ3n) is 3.76. The van der Waals surface area contributed by atoms with Gasteiger partial charge in [-0.25, -0.2) is 4.79 Å². The van der Waals surface area contributed by atoms with Crippen LogP contribution in [0.1, 0.15) is 32.7 Å². The Morgan fingerprint density at radius 2 is 1.84 bits per heavy atom. The minimum Gasteiger partial charge on any atom is -0.478 e. The summed E-state index contributed by atoms with van der Waals surface area (Å²) in [6, 6.07) is 11.6. The predicted octanol–water partition coefficient (Wildman–Crippen LogP) is 2.75. The van der Waals surface area contributed by atoms with Crippen molar-refractivity contribution in [2.75, 3.05) is 11.1 Å². The molecule has 0 saturated heterocycles. The predicted molar refractivity (Wildman–Crippen MR) is 95.0 cm³/mol. The third-order valence-corrected chi connectivity index (χ3v) is 4.83. The summed E-state index contributed by atoms with van der Waals surface area (Å²) in [6.07, 6.45) is 0.452. The number of nitrogens with one attached hydrogen (secondary N) is 2. The van der Waals surface area contributed by atoms with Crippen LogP contribution in [-0.4, -0.2) is 28.6 Å². The first-order chi connectivity index (χ1) is 12.0. The van der Waals surface area contributed by atoms with Crippen molar-refractivity contribution in [3.05, 3.63) is 59.2 Å². The molecule has 7 heteroatoms. The van der Waals surface area contributed by atoms with E-state index in [1.165, 1.54) is 12.1 Å². The van der Waals surface area contributed by atoms with E-state index in [1.807, 2.05) is 6.07 Å². The van der Waals surface area contributed by atoms with Gasteiger partial charge in [-0.2, -0.15) is 0 Å². The molecule has 0 radical (unpaired) electrons. The van der Waals surface area contributed by atoms with Crippen LogP contribution in [0.25, 0.3) is 0 Å². The molecule has 2 aromatic rings. The SMILES string of the molecule is O=C1CCSc2ccc(C(=O)NCc3ccc(C(=O)O)cc3)cc2N1. The summed E-state index contributed by atoms with van der Waals surface area (Å²) in [6.45, 7) is 0.289. The Morgan fingerprint density at radius 1 is 1.12 bits per heavy atom. The fourth-order valence-corrected chi connectivity index (χ4v) is 3.35. The van der Waals surface area contributed by atoms with E-state index in [-0.39, 0.29) is 23.9 Å². The summed E-state index contributed by atoms with van der Waals surface area (Å²) >= 11 is 1.58. The van der Waals surface area contributed by atoms with E-state index in [0.29, 0.717) is 17.7 Å². The van der Waals surface area contributed by atoms with E-state index in [2.05, 4.69) is 10.6 Å². The van der Waals surface area contributed by atoms with Crippen LogP contribution < -0.4 is 10.6 Å². The molecule has 1 aliphatic rings. The zero-order chi connectivity index (χ0) is 17.8. The Morgan fingerprint density at radius 3 is 2.56 bits per heavy atom. The largest absolute Gasteiger partial charge is 0.478 e. The molecule has 0 spiro atoms. The molecule has 128 valence electrons. The first kappa shape index (κ1) is 17.0. The number of rotatable bonds is 4. The van der Waals surface area contributed by atoms with Gasteiger partial charge in [-0.05, 0) is 35.9 Å². The van der Waals surface area contributed by atoms with Gasteiger partial charge in [0.2, 0.25) is 5.91 Å². The number of carboxylic acid groups (broad SMARTS) is 1. The normalized spacial score (nSPS) is 13.4. The zero-order valence-electron chi connectivity index (χ0n) is 13.2. The molecule has 0 aromatic heterocycles. The number of benzene rings is 2. The molecule has 0 saturated carbocycles. The first-order valence-electron chi connectivity index (χ1n) is 7.70. The Kier molecular flexibility index (Phi) is 5.04. The highest BCUT2D eigenvalue weighted by Crippen LogP contribution is 2.31. The van der Waals surface area contributed by atoms with Crippen LogP contribution in [0, 0.1) is 0 Å². The van der Waals surface area contributed by atoms with Crippen LogP contribution in [-0.2, 0) is 11.3 Å². The van der Waals surface area contributed by atoms with Crippen LogP contribution in [0.2, 0.25) is 0 Å². The lowest BCUT2D eigenvalue weighted by Gasteiger charge is -2.10. The summed E-state index contributed by atoms with van der Waals surface area (Å²) in [7, 11) is 0. The standard InChI is InChI=1S/C18H16N2O4S/c21-16-7-8-25-15-6-5-13(9-14(15)20-16)17(22)19-10-11-1-3-12(4-2-11)18(23)24/h1-6,9H,7-8,10H2,(H,19,22)(H,20,21)(H,23,24). The highest BCUT2D eigenvalue weighted by Gasteiger charge is 2.15. The van der Waals surface area contributed by atoms with Crippen molar-refractivity contribution < 1.29 is 19.5 Å². The summed E-state index contributed by atoms with van der Waals surface area (Å²) in [5.74, 6) is -0.576. The fraction of sp³-hybridized carbons (Fsp3) is 0.167.